The predicted octanol–water partition coefficient (Wildman–Crippen LogP) is 3.77. The van der Waals surface area contributed by atoms with Crippen molar-refractivity contribution in [3.05, 3.63) is 36.5 Å². The second kappa shape index (κ2) is 9.78. The number of nitrogens with one attached hydrogen (secondary N) is 1. The van der Waals surface area contributed by atoms with Crippen LogP contribution in [0.4, 0.5) is 4.79 Å². The van der Waals surface area contributed by atoms with Gasteiger partial charge in [0.05, 0.1) is 12.5 Å². The van der Waals surface area contributed by atoms with Crippen molar-refractivity contribution in [2.24, 2.45) is 5.92 Å². The van der Waals surface area contributed by atoms with E-state index < -0.39 is 5.60 Å². The number of rotatable bonds is 6. The first kappa shape index (κ1) is 21.9. The highest BCUT2D eigenvalue weighted by Crippen LogP contribution is 2.23. The predicted molar refractivity (Wildman–Crippen MR) is 115 cm³/mol. The van der Waals surface area contributed by atoms with Crippen molar-refractivity contribution >= 4 is 22.9 Å². The molecule has 2 amide bonds. The largest absolute Gasteiger partial charge is 0.491 e. The Balaban J connectivity index is 1.40. The van der Waals surface area contributed by atoms with Gasteiger partial charge in [-0.3, -0.25) is 9.78 Å². The number of para-hydroxylation sites is 1. The van der Waals surface area contributed by atoms with E-state index in [1.165, 1.54) is 0 Å². The molecule has 1 unspecified atom stereocenters. The summed E-state index contributed by atoms with van der Waals surface area (Å²) in [5, 5.41) is 4.01. The number of carbonyl (C=O) groups is 2. The lowest BCUT2D eigenvalue weighted by Gasteiger charge is -2.33. The highest BCUT2D eigenvalue weighted by Gasteiger charge is 2.30. The van der Waals surface area contributed by atoms with E-state index in [4.69, 9.17) is 9.47 Å². The van der Waals surface area contributed by atoms with Crippen LogP contribution in [0.25, 0.3) is 10.9 Å². The van der Waals surface area contributed by atoms with Crippen molar-refractivity contribution in [1.82, 2.24) is 15.2 Å². The maximum Gasteiger partial charge on any atom is 0.410 e. The van der Waals surface area contributed by atoms with Gasteiger partial charge in [0, 0.05) is 31.2 Å². The number of piperidine rings is 1. The van der Waals surface area contributed by atoms with E-state index in [1.54, 1.807) is 11.1 Å². The molecular weight excluding hydrogens is 382 g/mol. The van der Waals surface area contributed by atoms with Gasteiger partial charge in [-0.25, -0.2) is 4.79 Å². The molecule has 1 N–H and O–H groups in total. The Kier molecular flexibility index (Phi) is 7.13. The molecule has 1 aliphatic heterocycles. The Morgan fingerprint density at radius 1 is 1.23 bits per heavy atom. The van der Waals surface area contributed by atoms with E-state index in [9.17, 15) is 9.59 Å². The zero-order valence-electron chi connectivity index (χ0n) is 18.0. The molecule has 1 atom stereocenters. The average Bonchev–Trinajstić information content (AvgIpc) is 2.72. The fraction of sp³-hybridized carbons (Fsp3) is 0.522. The van der Waals surface area contributed by atoms with Gasteiger partial charge in [0.1, 0.15) is 16.9 Å². The van der Waals surface area contributed by atoms with E-state index in [1.807, 2.05) is 51.1 Å². The quantitative estimate of drug-likeness (QED) is 0.729. The van der Waals surface area contributed by atoms with E-state index >= 15 is 0 Å². The fourth-order valence-corrected chi connectivity index (χ4v) is 3.49. The summed E-state index contributed by atoms with van der Waals surface area (Å²) in [5.74, 6) is 0.532. The van der Waals surface area contributed by atoms with Crippen LogP contribution in [0.3, 0.4) is 0 Å². The molecule has 162 valence electrons. The molecule has 2 aromatic rings. The van der Waals surface area contributed by atoms with Crippen molar-refractivity contribution in [3.8, 4) is 5.75 Å². The molecule has 30 heavy (non-hydrogen) atoms. The number of ether oxygens (including phenoxy) is 2. The summed E-state index contributed by atoms with van der Waals surface area (Å²) in [6.07, 6.45) is 3.67. The molecule has 0 saturated carbocycles. The fourth-order valence-electron chi connectivity index (χ4n) is 3.49. The maximum absolute atomic E-state index is 12.5. The molecule has 1 saturated heterocycles. The summed E-state index contributed by atoms with van der Waals surface area (Å²) in [4.78, 5) is 30.8. The number of benzene rings is 1. The van der Waals surface area contributed by atoms with Gasteiger partial charge < -0.3 is 19.7 Å². The standard InChI is InChI=1S/C23H31N3O4/c1-23(2,3)30-22(28)26-14-6-10-18(16-26)21(27)25-13-7-15-29-19-11-4-8-17-9-5-12-24-20(17)19/h4-5,8-9,11-12,18H,6-7,10,13-16H2,1-3H3,(H,25,27). The molecule has 0 spiro atoms. The second-order valence-electron chi connectivity index (χ2n) is 8.59. The topological polar surface area (TPSA) is 80.8 Å². The Hall–Kier alpha value is -2.83. The molecule has 2 heterocycles. The summed E-state index contributed by atoms with van der Waals surface area (Å²) < 4.78 is 11.3. The summed E-state index contributed by atoms with van der Waals surface area (Å²) in [6.45, 7) is 7.58. The number of nitrogens with zero attached hydrogens (tertiary/aromatic N) is 2. The van der Waals surface area contributed by atoms with Crippen LogP contribution in [0.15, 0.2) is 36.5 Å². The van der Waals surface area contributed by atoms with E-state index in [0.717, 1.165) is 29.5 Å². The highest BCUT2D eigenvalue weighted by atomic mass is 16.6. The molecular formula is C23H31N3O4. The Bertz CT molecular complexity index is 873. The number of amides is 2. The number of carbonyl (C=O) groups excluding carboxylic acids is 2. The van der Waals surface area contributed by atoms with Crippen LogP contribution in [-0.4, -0.2) is 53.7 Å². The zero-order valence-corrected chi connectivity index (χ0v) is 18.0. The third kappa shape index (κ3) is 6.08. The van der Waals surface area contributed by atoms with Gasteiger partial charge in [-0.05, 0) is 52.2 Å². The smallest absolute Gasteiger partial charge is 0.410 e. The molecule has 1 aliphatic rings. The third-order valence-corrected chi connectivity index (χ3v) is 4.92. The van der Waals surface area contributed by atoms with Crippen molar-refractivity contribution in [1.29, 1.82) is 0 Å². The van der Waals surface area contributed by atoms with Gasteiger partial charge in [-0.2, -0.15) is 0 Å². The van der Waals surface area contributed by atoms with Crippen LogP contribution < -0.4 is 10.1 Å². The number of hydrogen-bond acceptors (Lipinski definition) is 5. The van der Waals surface area contributed by atoms with Gasteiger partial charge in [-0.1, -0.05) is 18.2 Å². The lowest BCUT2D eigenvalue weighted by molar-refractivity contribution is -0.126. The second-order valence-corrected chi connectivity index (χ2v) is 8.59. The van der Waals surface area contributed by atoms with Crippen LogP contribution in [0.5, 0.6) is 5.75 Å². The van der Waals surface area contributed by atoms with Gasteiger partial charge >= 0.3 is 6.09 Å². The van der Waals surface area contributed by atoms with E-state index in [2.05, 4.69) is 10.3 Å². The van der Waals surface area contributed by atoms with Crippen molar-refractivity contribution < 1.29 is 19.1 Å². The zero-order chi connectivity index (χ0) is 21.6. The normalized spacial score (nSPS) is 16.9. The van der Waals surface area contributed by atoms with Gasteiger partial charge in [0.2, 0.25) is 5.91 Å². The average molecular weight is 414 g/mol. The molecule has 0 radical (unpaired) electrons. The molecule has 0 bridgehead atoms. The monoisotopic (exact) mass is 413 g/mol. The SMILES string of the molecule is CC(C)(C)OC(=O)N1CCCC(C(=O)NCCCOc2cccc3cccnc23)C1. The number of hydrogen-bond donors (Lipinski definition) is 1. The summed E-state index contributed by atoms with van der Waals surface area (Å²) in [6, 6.07) is 9.75. The van der Waals surface area contributed by atoms with Gasteiger partial charge in [0.25, 0.3) is 0 Å². The van der Waals surface area contributed by atoms with E-state index in [0.29, 0.717) is 32.7 Å². The van der Waals surface area contributed by atoms with Gasteiger partial charge in [0.15, 0.2) is 0 Å². The molecule has 1 aromatic carbocycles. The number of likely N-dealkylation sites (tertiary alicyclic amines) is 1. The minimum atomic E-state index is -0.536. The molecule has 3 rings (SSSR count). The Labute approximate surface area is 177 Å². The Morgan fingerprint density at radius 3 is 2.83 bits per heavy atom. The van der Waals surface area contributed by atoms with Crippen molar-refractivity contribution in [2.45, 2.75) is 45.6 Å². The van der Waals surface area contributed by atoms with Crippen LogP contribution in [0.2, 0.25) is 0 Å². The summed E-state index contributed by atoms with van der Waals surface area (Å²) in [7, 11) is 0. The maximum atomic E-state index is 12.5. The minimum Gasteiger partial charge on any atom is -0.491 e. The van der Waals surface area contributed by atoms with Crippen LogP contribution in [-0.2, 0) is 9.53 Å². The van der Waals surface area contributed by atoms with Gasteiger partial charge in [-0.15, -0.1) is 0 Å². The molecule has 1 aromatic heterocycles. The number of pyridine rings is 1. The van der Waals surface area contributed by atoms with Crippen LogP contribution in [0.1, 0.15) is 40.0 Å². The van der Waals surface area contributed by atoms with Crippen molar-refractivity contribution in [2.75, 3.05) is 26.2 Å². The molecule has 7 heteroatoms. The summed E-state index contributed by atoms with van der Waals surface area (Å²) in [5.41, 5.74) is 0.305. The minimum absolute atomic E-state index is 0.0184. The third-order valence-electron chi connectivity index (χ3n) is 4.92. The lowest BCUT2D eigenvalue weighted by atomic mass is 9.97. The van der Waals surface area contributed by atoms with Crippen LogP contribution >= 0.6 is 0 Å². The first-order valence-electron chi connectivity index (χ1n) is 10.6. The first-order valence-corrected chi connectivity index (χ1v) is 10.6. The summed E-state index contributed by atoms with van der Waals surface area (Å²) >= 11 is 0. The number of aromatic nitrogens is 1. The molecule has 7 nitrogen and oxygen atoms in total. The molecule has 0 aliphatic carbocycles. The Morgan fingerprint density at radius 2 is 2.03 bits per heavy atom. The highest BCUT2D eigenvalue weighted by molar-refractivity contribution is 5.84. The van der Waals surface area contributed by atoms with Crippen LogP contribution in [0, 0.1) is 5.92 Å². The van der Waals surface area contributed by atoms with Crippen molar-refractivity contribution in [3.63, 3.8) is 0 Å². The molecule has 1 fully saturated rings. The van der Waals surface area contributed by atoms with E-state index in [-0.39, 0.29) is 17.9 Å². The first-order chi connectivity index (χ1) is 14.3. The lowest BCUT2D eigenvalue weighted by Crippen LogP contribution is -2.47. The number of fused-ring (bicyclic) bond motifs is 1.